The van der Waals surface area contributed by atoms with Gasteiger partial charge in [-0.15, -0.1) is 0 Å². The van der Waals surface area contributed by atoms with Gasteiger partial charge in [-0.1, -0.05) is 27.5 Å². The summed E-state index contributed by atoms with van der Waals surface area (Å²) in [6.45, 7) is 3.89. The third-order valence-corrected chi connectivity index (χ3v) is 3.92. The lowest BCUT2D eigenvalue weighted by molar-refractivity contribution is 0.111. The Morgan fingerprint density at radius 3 is 2.76 bits per heavy atom. The number of hydrogen-bond donors (Lipinski definition) is 2. The van der Waals surface area contributed by atoms with Crippen LogP contribution in [0.5, 0.6) is 0 Å². The topological polar surface area (TPSA) is 35.5 Å². The van der Waals surface area contributed by atoms with Crippen molar-refractivity contribution >= 4 is 27.5 Å². The van der Waals surface area contributed by atoms with Gasteiger partial charge in [-0.3, -0.25) is 4.90 Å². The van der Waals surface area contributed by atoms with Gasteiger partial charge in [-0.2, -0.15) is 0 Å². The molecule has 1 aromatic carbocycles. The molecule has 1 heterocycles. The highest BCUT2D eigenvalue weighted by atomic mass is 79.9. The van der Waals surface area contributed by atoms with Crippen molar-refractivity contribution in [2.24, 2.45) is 0 Å². The van der Waals surface area contributed by atoms with E-state index in [-0.39, 0.29) is 12.6 Å². The smallest absolute Gasteiger partial charge is 0.0629 e. The fraction of sp³-hybridized carbons (Fsp3) is 0.500. The first-order chi connectivity index (χ1) is 8.22. The van der Waals surface area contributed by atoms with Crippen LogP contribution >= 0.6 is 27.5 Å². The Morgan fingerprint density at radius 2 is 2.12 bits per heavy atom. The van der Waals surface area contributed by atoms with E-state index in [1.54, 1.807) is 0 Å². The Labute approximate surface area is 115 Å². The Morgan fingerprint density at radius 1 is 1.41 bits per heavy atom. The molecular formula is C12H16BrClN2O. The molecule has 5 heteroatoms. The third kappa shape index (κ3) is 3.20. The maximum absolute atomic E-state index is 9.61. The minimum absolute atomic E-state index is 0.0119. The summed E-state index contributed by atoms with van der Waals surface area (Å²) in [5.74, 6) is 0. The average molecular weight is 320 g/mol. The molecule has 1 aliphatic heterocycles. The van der Waals surface area contributed by atoms with Gasteiger partial charge in [0.2, 0.25) is 0 Å². The average Bonchev–Trinajstić information content (AvgIpc) is 2.36. The molecule has 1 saturated heterocycles. The summed E-state index contributed by atoms with van der Waals surface area (Å²) in [5.41, 5.74) is 0.991. The van der Waals surface area contributed by atoms with Gasteiger partial charge in [0.15, 0.2) is 0 Å². The second kappa shape index (κ2) is 6.16. The molecule has 94 valence electrons. The molecule has 0 aromatic heterocycles. The Hall–Kier alpha value is -0.130. The van der Waals surface area contributed by atoms with E-state index in [1.807, 2.05) is 18.2 Å². The quantitative estimate of drug-likeness (QED) is 0.895. The molecule has 0 unspecified atom stereocenters. The zero-order chi connectivity index (χ0) is 12.3. The summed E-state index contributed by atoms with van der Waals surface area (Å²) >= 11 is 9.66. The molecule has 0 radical (unpaired) electrons. The Balaban J connectivity index is 2.24. The minimum atomic E-state index is -0.0119. The van der Waals surface area contributed by atoms with Crippen LogP contribution < -0.4 is 5.32 Å². The summed E-state index contributed by atoms with van der Waals surface area (Å²) in [6, 6.07) is 5.76. The molecular weight excluding hydrogens is 304 g/mol. The second-order valence-electron chi connectivity index (χ2n) is 4.15. The van der Waals surface area contributed by atoms with E-state index in [0.717, 1.165) is 36.2 Å². The predicted molar refractivity (Wildman–Crippen MR) is 73.4 cm³/mol. The highest BCUT2D eigenvalue weighted by Crippen LogP contribution is 2.30. The van der Waals surface area contributed by atoms with Crippen LogP contribution in [0.4, 0.5) is 0 Å². The first-order valence-corrected chi connectivity index (χ1v) is 6.90. The molecule has 0 spiro atoms. The number of aliphatic hydroxyl groups is 1. The molecule has 1 aromatic rings. The first-order valence-electron chi connectivity index (χ1n) is 5.73. The molecule has 0 saturated carbocycles. The summed E-state index contributed by atoms with van der Waals surface area (Å²) in [5, 5.41) is 13.6. The first kappa shape index (κ1) is 13.3. The predicted octanol–water partition coefficient (Wildman–Crippen LogP) is 2.04. The molecule has 2 N–H and O–H groups in total. The third-order valence-electron chi connectivity index (χ3n) is 3.08. The maximum Gasteiger partial charge on any atom is 0.0629 e. The van der Waals surface area contributed by atoms with Crippen molar-refractivity contribution in [2.45, 2.75) is 6.04 Å². The van der Waals surface area contributed by atoms with E-state index < -0.39 is 0 Å². The van der Waals surface area contributed by atoms with E-state index in [2.05, 4.69) is 26.1 Å². The molecule has 17 heavy (non-hydrogen) atoms. The molecule has 0 aliphatic carbocycles. The van der Waals surface area contributed by atoms with E-state index >= 15 is 0 Å². The van der Waals surface area contributed by atoms with E-state index in [1.165, 1.54) is 0 Å². The maximum atomic E-state index is 9.61. The zero-order valence-corrected chi connectivity index (χ0v) is 11.8. The summed E-state index contributed by atoms with van der Waals surface area (Å²) < 4.78 is 0.991. The SMILES string of the molecule is OC[C@@H](c1cc(Br)ccc1Cl)N1CCNCC1. The number of nitrogens with zero attached hydrogens (tertiary/aromatic N) is 1. The Bertz CT molecular complexity index is 383. The van der Waals surface area contributed by atoms with Crippen molar-refractivity contribution in [2.75, 3.05) is 32.8 Å². The fourth-order valence-corrected chi connectivity index (χ4v) is 2.80. The van der Waals surface area contributed by atoms with Gasteiger partial charge >= 0.3 is 0 Å². The van der Waals surface area contributed by atoms with E-state index in [0.29, 0.717) is 5.02 Å². The van der Waals surface area contributed by atoms with Gasteiger partial charge in [0.1, 0.15) is 0 Å². The number of nitrogens with one attached hydrogen (secondary N) is 1. The molecule has 1 aliphatic rings. The number of rotatable bonds is 3. The van der Waals surface area contributed by atoms with E-state index in [9.17, 15) is 5.11 Å². The standard InChI is InChI=1S/C12H16BrClN2O/c13-9-1-2-11(14)10(7-9)12(8-17)16-5-3-15-4-6-16/h1-2,7,12,15,17H,3-6,8H2/t12-/m0/s1. The normalized spacial score (nSPS) is 19.2. The molecule has 1 fully saturated rings. The van der Waals surface area contributed by atoms with Crippen LogP contribution in [-0.2, 0) is 0 Å². The largest absolute Gasteiger partial charge is 0.394 e. The molecule has 0 amide bonds. The Kier molecular flexibility index (Phi) is 4.82. The van der Waals surface area contributed by atoms with Gasteiger partial charge in [-0.05, 0) is 23.8 Å². The van der Waals surface area contributed by atoms with Crippen molar-refractivity contribution in [3.8, 4) is 0 Å². The van der Waals surface area contributed by atoms with Crippen molar-refractivity contribution in [1.29, 1.82) is 0 Å². The number of piperazine rings is 1. The van der Waals surface area contributed by atoms with Crippen LogP contribution in [0.2, 0.25) is 5.02 Å². The van der Waals surface area contributed by atoms with Gasteiger partial charge in [-0.25, -0.2) is 0 Å². The highest BCUT2D eigenvalue weighted by Gasteiger charge is 2.23. The van der Waals surface area contributed by atoms with Crippen molar-refractivity contribution in [3.05, 3.63) is 33.3 Å². The van der Waals surface area contributed by atoms with Gasteiger partial charge in [0, 0.05) is 35.7 Å². The summed E-state index contributed by atoms with van der Waals surface area (Å²) in [6.07, 6.45) is 0. The number of aliphatic hydroxyl groups excluding tert-OH is 1. The van der Waals surface area contributed by atoms with Gasteiger partial charge < -0.3 is 10.4 Å². The van der Waals surface area contributed by atoms with Crippen LogP contribution in [0.3, 0.4) is 0 Å². The molecule has 1 atom stereocenters. The van der Waals surface area contributed by atoms with Crippen molar-refractivity contribution < 1.29 is 5.11 Å². The zero-order valence-electron chi connectivity index (χ0n) is 9.50. The van der Waals surface area contributed by atoms with Crippen LogP contribution in [0.15, 0.2) is 22.7 Å². The van der Waals surface area contributed by atoms with Gasteiger partial charge in [0.25, 0.3) is 0 Å². The fourth-order valence-electron chi connectivity index (χ4n) is 2.17. The van der Waals surface area contributed by atoms with Crippen LogP contribution in [-0.4, -0.2) is 42.8 Å². The lowest BCUT2D eigenvalue weighted by Gasteiger charge is -2.34. The van der Waals surface area contributed by atoms with Crippen molar-refractivity contribution in [1.82, 2.24) is 10.2 Å². The number of hydrogen-bond acceptors (Lipinski definition) is 3. The minimum Gasteiger partial charge on any atom is -0.394 e. The second-order valence-corrected chi connectivity index (χ2v) is 5.47. The van der Waals surface area contributed by atoms with Gasteiger partial charge in [0.05, 0.1) is 12.6 Å². The number of benzene rings is 1. The van der Waals surface area contributed by atoms with Crippen LogP contribution in [0.1, 0.15) is 11.6 Å². The molecule has 2 rings (SSSR count). The van der Waals surface area contributed by atoms with E-state index in [4.69, 9.17) is 11.6 Å². The number of halogens is 2. The molecule has 3 nitrogen and oxygen atoms in total. The van der Waals surface area contributed by atoms with Crippen LogP contribution in [0, 0.1) is 0 Å². The lowest BCUT2D eigenvalue weighted by Crippen LogP contribution is -2.46. The lowest BCUT2D eigenvalue weighted by atomic mass is 10.1. The monoisotopic (exact) mass is 318 g/mol. The van der Waals surface area contributed by atoms with Crippen LogP contribution in [0.25, 0.3) is 0 Å². The highest BCUT2D eigenvalue weighted by molar-refractivity contribution is 9.10. The molecule has 0 bridgehead atoms. The van der Waals surface area contributed by atoms with Crippen molar-refractivity contribution in [3.63, 3.8) is 0 Å². The summed E-state index contributed by atoms with van der Waals surface area (Å²) in [4.78, 5) is 2.27. The summed E-state index contributed by atoms with van der Waals surface area (Å²) in [7, 11) is 0.